The van der Waals surface area contributed by atoms with E-state index in [1.165, 1.54) is 44.9 Å². The Bertz CT molecular complexity index is 168. The Hall–Kier alpha value is -0.0800. The highest BCUT2D eigenvalue weighted by atomic mass is 16.5. The highest BCUT2D eigenvalue weighted by molar-refractivity contribution is 4.81. The molecule has 0 aliphatic heterocycles. The molecule has 2 atom stereocenters. The molecule has 0 amide bonds. The van der Waals surface area contributed by atoms with Gasteiger partial charge in [-0.15, -0.1) is 0 Å². The van der Waals surface area contributed by atoms with Crippen LogP contribution in [0.4, 0.5) is 0 Å². The first-order valence-electron chi connectivity index (χ1n) is 6.19. The number of hydrogen-bond donors (Lipinski definition) is 1. The predicted octanol–water partition coefficient (Wildman–Crippen LogP) is 2.33. The van der Waals surface area contributed by atoms with Crippen molar-refractivity contribution in [3.63, 3.8) is 0 Å². The van der Waals surface area contributed by atoms with Gasteiger partial charge in [-0.25, -0.2) is 0 Å². The zero-order valence-electron chi connectivity index (χ0n) is 9.30. The smallest absolute Gasteiger partial charge is 0.0727 e. The summed E-state index contributed by atoms with van der Waals surface area (Å²) in [5.74, 6) is 1.01. The molecule has 0 aromatic carbocycles. The van der Waals surface area contributed by atoms with Crippen LogP contribution in [0.25, 0.3) is 0 Å². The summed E-state index contributed by atoms with van der Waals surface area (Å²) < 4.78 is 5.97. The third-order valence-corrected chi connectivity index (χ3v) is 3.63. The fourth-order valence-electron chi connectivity index (χ4n) is 2.42. The van der Waals surface area contributed by atoms with E-state index >= 15 is 0 Å². The van der Waals surface area contributed by atoms with Gasteiger partial charge in [0.15, 0.2) is 0 Å². The molecule has 2 nitrogen and oxygen atoms in total. The van der Waals surface area contributed by atoms with Crippen molar-refractivity contribution in [2.75, 3.05) is 13.7 Å². The standard InChI is InChI=1S/C12H23NO/c1-13-11-4-2-3-5-12(11)14-9-8-10-6-7-10/h10-13H,2-9H2,1H3. The largest absolute Gasteiger partial charge is 0.377 e. The van der Waals surface area contributed by atoms with E-state index in [1.54, 1.807) is 0 Å². The average molecular weight is 197 g/mol. The van der Waals surface area contributed by atoms with Crippen molar-refractivity contribution in [3.05, 3.63) is 0 Å². The van der Waals surface area contributed by atoms with Gasteiger partial charge in [-0.05, 0) is 32.2 Å². The molecule has 2 aliphatic rings. The second kappa shape index (κ2) is 5.13. The summed E-state index contributed by atoms with van der Waals surface area (Å²) in [5, 5.41) is 3.38. The van der Waals surface area contributed by atoms with Crippen molar-refractivity contribution in [3.8, 4) is 0 Å². The summed E-state index contributed by atoms with van der Waals surface area (Å²) in [6.45, 7) is 0.994. The van der Waals surface area contributed by atoms with Crippen LogP contribution in [0.15, 0.2) is 0 Å². The van der Waals surface area contributed by atoms with Crippen molar-refractivity contribution >= 4 is 0 Å². The van der Waals surface area contributed by atoms with Gasteiger partial charge in [-0.3, -0.25) is 0 Å². The first-order chi connectivity index (χ1) is 6.90. The maximum absolute atomic E-state index is 5.97. The van der Waals surface area contributed by atoms with Gasteiger partial charge in [0.2, 0.25) is 0 Å². The Kier molecular flexibility index (Phi) is 3.82. The zero-order chi connectivity index (χ0) is 9.80. The Labute approximate surface area is 87.4 Å². The molecule has 0 aromatic rings. The minimum atomic E-state index is 0.493. The summed E-state index contributed by atoms with van der Waals surface area (Å²) in [7, 11) is 2.06. The van der Waals surface area contributed by atoms with Crippen LogP contribution in [-0.4, -0.2) is 25.8 Å². The minimum absolute atomic E-state index is 0.493. The molecule has 2 heteroatoms. The van der Waals surface area contributed by atoms with E-state index in [4.69, 9.17) is 4.74 Å². The quantitative estimate of drug-likeness (QED) is 0.730. The molecular formula is C12H23NO. The van der Waals surface area contributed by atoms with Gasteiger partial charge in [-0.2, -0.15) is 0 Å². The van der Waals surface area contributed by atoms with E-state index in [0.29, 0.717) is 12.1 Å². The van der Waals surface area contributed by atoms with E-state index < -0.39 is 0 Å². The number of nitrogens with one attached hydrogen (secondary N) is 1. The van der Waals surface area contributed by atoms with Gasteiger partial charge in [0.05, 0.1) is 6.10 Å². The summed E-state index contributed by atoms with van der Waals surface area (Å²) in [4.78, 5) is 0. The molecule has 14 heavy (non-hydrogen) atoms. The topological polar surface area (TPSA) is 21.3 Å². The molecule has 0 saturated heterocycles. The fourth-order valence-corrected chi connectivity index (χ4v) is 2.42. The molecule has 2 aliphatic carbocycles. The van der Waals surface area contributed by atoms with E-state index in [9.17, 15) is 0 Å². The molecule has 0 bridgehead atoms. The monoisotopic (exact) mass is 197 g/mol. The van der Waals surface area contributed by atoms with Crippen LogP contribution in [0, 0.1) is 5.92 Å². The molecule has 0 radical (unpaired) electrons. The van der Waals surface area contributed by atoms with Crippen molar-refractivity contribution in [1.29, 1.82) is 0 Å². The van der Waals surface area contributed by atoms with Gasteiger partial charge in [0, 0.05) is 12.6 Å². The van der Waals surface area contributed by atoms with Crippen LogP contribution in [0.3, 0.4) is 0 Å². The molecule has 82 valence electrons. The second-order valence-electron chi connectivity index (χ2n) is 4.82. The van der Waals surface area contributed by atoms with Crippen LogP contribution >= 0.6 is 0 Å². The minimum Gasteiger partial charge on any atom is -0.377 e. The highest BCUT2D eigenvalue weighted by Gasteiger charge is 2.26. The molecule has 2 fully saturated rings. The van der Waals surface area contributed by atoms with Crippen molar-refractivity contribution < 1.29 is 4.74 Å². The molecule has 2 unspecified atom stereocenters. The summed E-state index contributed by atoms with van der Waals surface area (Å²) in [6, 6.07) is 0.614. The molecule has 0 spiro atoms. The van der Waals surface area contributed by atoms with Crippen LogP contribution in [0.5, 0.6) is 0 Å². The lowest BCUT2D eigenvalue weighted by atomic mass is 9.92. The van der Waals surface area contributed by atoms with E-state index in [2.05, 4.69) is 12.4 Å². The summed E-state index contributed by atoms with van der Waals surface area (Å²) in [5.41, 5.74) is 0. The number of hydrogen-bond acceptors (Lipinski definition) is 2. The molecule has 0 aromatic heterocycles. The molecule has 2 saturated carbocycles. The third kappa shape index (κ3) is 2.96. The third-order valence-electron chi connectivity index (χ3n) is 3.63. The van der Waals surface area contributed by atoms with E-state index in [1.807, 2.05) is 0 Å². The molecule has 0 heterocycles. The lowest BCUT2D eigenvalue weighted by molar-refractivity contribution is 0.00441. The summed E-state index contributed by atoms with van der Waals surface area (Å²) in [6.07, 6.45) is 9.97. The maximum Gasteiger partial charge on any atom is 0.0727 e. The molecule has 1 N–H and O–H groups in total. The fraction of sp³-hybridized carbons (Fsp3) is 1.00. The normalized spacial score (nSPS) is 33.2. The predicted molar refractivity (Wildman–Crippen MR) is 58.4 cm³/mol. The van der Waals surface area contributed by atoms with Crippen molar-refractivity contribution in [2.24, 2.45) is 5.92 Å². The van der Waals surface area contributed by atoms with Gasteiger partial charge in [0.25, 0.3) is 0 Å². The first kappa shape index (κ1) is 10.4. The van der Waals surface area contributed by atoms with Crippen LogP contribution < -0.4 is 5.32 Å². The SMILES string of the molecule is CNC1CCCCC1OCCC1CC1. The Morgan fingerprint density at radius 2 is 1.93 bits per heavy atom. The number of ether oxygens (including phenoxy) is 1. The van der Waals surface area contributed by atoms with Crippen molar-refractivity contribution in [2.45, 2.75) is 57.1 Å². The zero-order valence-corrected chi connectivity index (χ0v) is 9.30. The number of rotatable bonds is 5. The average Bonchev–Trinajstić information content (AvgIpc) is 3.03. The van der Waals surface area contributed by atoms with Crippen LogP contribution in [0.2, 0.25) is 0 Å². The Balaban J connectivity index is 1.64. The molecular weight excluding hydrogens is 174 g/mol. The second-order valence-corrected chi connectivity index (χ2v) is 4.82. The van der Waals surface area contributed by atoms with Gasteiger partial charge in [0.1, 0.15) is 0 Å². The van der Waals surface area contributed by atoms with Gasteiger partial charge >= 0.3 is 0 Å². The Morgan fingerprint density at radius 3 is 2.64 bits per heavy atom. The molecule has 2 rings (SSSR count). The lowest BCUT2D eigenvalue weighted by Gasteiger charge is -2.31. The van der Waals surface area contributed by atoms with E-state index in [-0.39, 0.29) is 0 Å². The van der Waals surface area contributed by atoms with Crippen LogP contribution in [0.1, 0.15) is 44.9 Å². The van der Waals surface area contributed by atoms with E-state index in [0.717, 1.165) is 12.5 Å². The maximum atomic E-state index is 5.97. The van der Waals surface area contributed by atoms with Gasteiger partial charge < -0.3 is 10.1 Å². The Morgan fingerprint density at radius 1 is 1.14 bits per heavy atom. The first-order valence-corrected chi connectivity index (χ1v) is 6.19. The van der Waals surface area contributed by atoms with Crippen LogP contribution in [-0.2, 0) is 4.74 Å². The summed E-state index contributed by atoms with van der Waals surface area (Å²) >= 11 is 0. The lowest BCUT2D eigenvalue weighted by Crippen LogP contribution is -2.41. The number of likely N-dealkylation sites (N-methyl/N-ethyl adjacent to an activating group) is 1. The highest BCUT2D eigenvalue weighted by Crippen LogP contribution is 2.32. The van der Waals surface area contributed by atoms with Crippen molar-refractivity contribution in [1.82, 2.24) is 5.32 Å². The van der Waals surface area contributed by atoms with Gasteiger partial charge in [-0.1, -0.05) is 25.7 Å².